The highest BCUT2D eigenvalue weighted by Gasteiger charge is 2.30. The second-order valence-electron chi connectivity index (χ2n) is 7.60. The molecule has 0 N–H and O–H groups in total. The van der Waals surface area contributed by atoms with E-state index in [1.54, 1.807) is 57.6 Å². The van der Waals surface area contributed by atoms with E-state index in [9.17, 15) is 9.59 Å². The van der Waals surface area contributed by atoms with Gasteiger partial charge in [0, 0.05) is 11.6 Å². The number of hydrogen-bond acceptors (Lipinski definition) is 7. The smallest absolute Gasteiger partial charge is 0.344 e. The Morgan fingerprint density at radius 2 is 1.76 bits per heavy atom. The topological polar surface area (TPSA) is 80.3 Å². The van der Waals surface area contributed by atoms with E-state index in [0.717, 1.165) is 5.56 Å². The van der Waals surface area contributed by atoms with Gasteiger partial charge < -0.3 is 23.7 Å². The Bertz CT molecular complexity index is 1250. The summed E-state index contributed by atoms with van der Waals surface area (Å²) in [7, 11) is 3.11. The third kappa shape index (κ3) is 5.04. The van der Waals surface area contributed by atoms with Crippen LogP contribution in [-0.2, 0) is 16.1 Å². The fourth-order valence-electron chi connectivity index (χ4n) is 3.58. The highest BCUT2D eigenvalue weighted by molar-refractivity contribution is 6.15. The number of carbonyl (C=O) groups is 2. The molecule has 1 aliphatic rings. The number of allylic oxidation sites excluding steroid dienone is 1. The maximum atomic E-state index is 13.0. The highest BCUT2D eigenvalue weighted by atomic mass is 16.6. The Balaban J connectivity index is 1.46. The van der Waals surface area contributed by atoms with Crippen LogP contribution in [0.4, 0.5) is 0 Å². The molecule has 0 saturated carbocycles. The first kappa shape index (κ1) is 22.9. The number of aryl methyl sites for hydroxylation is 1. The Kier molecular flexibility index (Phi) is 6.82. The summed E-state index contributed by atoms with van der Waals surface area (Å²) in [6.45, 7) is 1.70. The van der Waals surface area contributed by atoms with Gasteiger partial charge >= 0.3 is 5.97 Å². The van der Waals surface area contributed by atoms with Crippen LogP contribution in [0.3, 0.4) is 0 Å². The number of ketones is 1. The quantitative estimate of drug-likeness (QED) is 0.354. The molecule has 1 heterocycles. The minimum atomic E-state index is -0.496. The van der Waals surface area contributed by atoms with Crippen LogP contribution < -0.4 is 18.9 Å². The van der Waals surface area contributed by atoms with Gasteiger partial charge in [-0.3, -0.25) is 4.79 Å². The number of benzene rings is 3. The molecule has 0 atom stereocenters. The molecule has 7 nitrogen and oxygen atoms in total. The van der Waals surface area contributed by atoms with Crippen LogP contribution >= 0.6 is 0 Å². The summed E-state index contributed by atoms with van der Waals surface area (Å²) in [6, 6.07) is 18.0. The monoisotopic (exact) mass is 460 g/mol. The van der Waals surface area contributed by atoms with Crippen LogP contribution in [0.2, 0.25) is 0 Å². The van der Waals surface area contributed by atoms with E-state index in [1.165, 1.54) is 0 Å². The van der Waals surface area contributed by atoms with E-state index in [1.807, 2.05) is 30.3 Å². The van der Waals surface area contributed by atoms with Gasteiger partial charge in [0.05, 0.1) is 19.8 Å². The standard InChI is InChI=1S/C27H24O7/c1-17-11-21(32-16-25(28)33-15-18-7-5-4-6-8-18)14-23-26(17)27(29)24(34-23)13-19-12-20(30-2)9-10-22(19)31-3/h4-14H,15-16H2,1-3H3/b24-13-. The molecule has 34 heavy (non-hydrogen) atoms. The molecule has 0 spiro atoms. The summed E-state index contributed by atoms with van der Waals surface area (Å²) >= 11 is 0. The van der Waals surface area contributed by atoms with Crippen LogP contribution in [0.15, 0.2) is 66.4 Å². The van der Waals surface area contributed by atoms with Crippen molar-refractivity contribution in [2.75, 3.05) is 20.8 Å². The van der Waals surface area contributed by atoms with Crippen LogP contribution in [0.1, 0.15) is 27.0 Å². The van der Waals surface area contributed by atoms with Crippen LogP contribution in [0.5, 0.6) is 23.0 Å². The van der Waals surface area contributed by atoms with Crippen molar-refractivity contribution in [3.05, 3.63) is 88.7 Å². The molecular weight excluding hydrogens is 436 g/mol. The van der Waals surface area contributed by atoms with E-state index < -0.39 is 5.97 Å². The van der Waals surface area contributed by atoms with Gasteiger partial charge in [-0.15, -0.1) is 0 Å². The zero-order valence-corrected chi connectivity index (χ0v) is 19.1. The third-order valence-electron chi connectivity index (χ3n) is 5.27. The summed E-state index contributed by atoms with van der Waals surface area (Å²) in [6.07, 6.45) is 1.62. The van der Waals surface area contributed by atoms with Crippen molar-refractivity contribution >= 4 is 17.8 Å². The lowest BCUT2D eigenvalue weighted by Gasteiger charge is -2.09. The van der Waals surface area contributed by atoms with Crippen LogP contribution in [0, 0.1) is 6.92 Å². The highest BCUT2D eigenvalue weighted by Crippen LogP contribution is 2.38. The lowest BCUT2D eigenvalue weighted by Crippen LogP contribution is -2.14. The molecule has 0 aliphatic carbocycles. The van der Waals surface area contributed by atoms with Crippen LogP contribution in [-0.4, -0.2) is 32.6 Å². The molecule has 4 rings (SSSR count). The van der Waals surface area contributed by atoms with Crippen molar-refractivity contribution in [1.82, 2.24) is 0 Å². The van der Waals surface area contributed by atoms with Crippen molar-refractivity contribution < 1.29 is 33.3 Å². The average molecular weight is 460 g/mol. The lowest BCUT2D eigenvalue weighted by atomic mass is 10.0. The molecule has 0 saturated heterocycles. The number of methoxy groups -OCH3 is 2. The average Bonchev–Trinajstić information content (AvgIpc) is 3.17. The Morgan fingerprint density at radius 1 is 0.971 bits per heavy atom. The molecular formula is C27H24O7. The molecule has 0 amide bonds. The van der Waals surface area contributed by atoms with Gasteiger partial charge in [0.2, 0.25) is 5.78 Å². The van der Waals surface area contributed by atoms with Gasteiger partial charge in [0.15, 0.2) is 12.4 Å². The Morgan fingerprint density at radius 3 is 2.50 bits per heavy atom. The van der Waals surface area contributed by atoms with Crippen molar-refractivity contribution in [2.45, 2.75) is 13.5 Å². The molecule has 1 aliphatic heterocycles. The first-order chi connectivity index (χ1) is 16.5. The second kappa shape index (κ2) is 10.1. The second-order valence-corrected chi connectivity index (χ2v) is 7.60. The molecule has 0 radical (unpaired) electrons. The van der Waals surface area contributed by atoms with Gasteiger partial charge in [-0.05, 0) is 48.4 Å². The summed E-state index contributed by atoms with van der Waals surface area (Å²) in [5.74, 6) is 1.39. The number of esters is 1. The Labute approximate surface area is 197 Å². The van der Waals surface area contributed by atoms with E-state index in [2.05, 4.69) is 0 Å². The fourth-order valence-corrected chi connectivity index (χ4v) is 3.58. The molecule has 7 heteroatoms. The van der Waals surface area contributed by atoms with E-state index in [4.69, 9.17) is 23.7 Å². The molecule has 0 unspecified atom stereocenters. The maximum absolute atomic E-state index is 13.0. The predicted molar refractivity (Wildman–Crippen MR) is 125 cm³/mol. The zero-order valence-electron chi connectivity index (χ0n) is 19.1. The van der Waals surface area contributed by atoms with Gasteiger partial charge in [0.25, 0.3) is 0 Å². The lowest BCUT2D eigenvalue weighted by molar-refractivity contribution is -0.147. The third-order valence-corrected chi connectivity index (χ3v) is 5.27. The maximum Gasteiger partial charge on any atom is 0.344 e. The number of ether oxygens (including phenoxy) is 5. The largest absolute Gasteiger partial charge is 0.497 e. The summed E-state index contributed by atoms with van der Waals surface area (Å²) in [5, 5.41) is 0. The molecule has 3 aromatic rings. The van der Waals surface area contributed by atoms with Crippen molar-refractivity contribution in [1.29, 1.82) is 0 Å². The molecule has 0 bridgehead atoms. The van der Waals surface area contributed by atoms with Crippen molar-refractivity contribution in [3.63, 3.8) is 0 Å². The van der Waals surface area contributed by atoms with Gasteiger partial charge in [-0.2, -0.15) is 0 Å². The first-order valence-electron chi connectivity index (χ1n) is 10.6. The van der Waals surface area contributed by atoms with Crippen molar-refractivity contribution in [3.8, 4) is 23.0 Å². The van der Waals surface area contributed by atoms with E-state index >= 15 is 0 Å². The van der Waals surface area contributed by atoms with Gasteiger partial charge in [0.1, 0.15) is 29.6 Å². The molecule has 0 fully saturated rings. The normalized spacial score (nSPS) is 13.3. The van der Waals surface area contributed by atoms with Crippen molar-refractivity contribution in [2.24, 2.45) is 0 Å². The number of hydrogen-bond donors (Lipinski definition) is 0. The molecule has 0 aromatic heterocycles. The minimum Gasteiger partial charge on any atom is -0.497 e. The first-order valence-corrected chi connectivity index (χ1v) is 10.6. The Hall–Kier alpha value is -4.26. The van der Waals surface area contributed by atoms with E-state index in [-0.39, 0.29) is 24.8 Å². The number of Topliss-reactive ketones (excluding diaryl/α,β-unsaturated/α-hetero) is 1. The fraction of sp³-hybridized carbons (Fsp3) is 0.185. The SMILES string of the molecule is COc1ccc(OC)c(/C=C2\Oc3cc(OCC(=O)OCc4ccccc4)cc(C)c3C2=O)c1. The number of rotatable bonds is 8. The van der Waals surface area contributed by atoms with Crippen LogP contribution in [0.25, 0.3) is 6.08 Å². The number of carbonyl (C=O) groups excluding carboxylic acids is 2. The zero-order chi connectivity index (χ0) is 24.1. The summed E-state index contributed by atoms with van der Waals surface area (Å²) < 4.78 is 27.3. The summed E-state index contributed by atoms with van der Waals surface area (Å²) in [5.41, 5.74) is 2.67. The minimum absolute atomic E-state index is 0.157. The summed E-state index contributed by atoms with van der Waals surface area (Å²) in [4.78, 5) is 25.1. The number of fused-ring (bicyclic) bond motifs is 1. The molecule has 174 valence electrons. The molecule has 3 aromatic carbocycles. The van der Waals surface area contributed by atoms with Gasteiger partial charge in [-0.25, -0.2) is 4.79 Å². The van der Waals surface area contributed by atoms with E-state index in [0.29, 0.717) is 39.7 Å². The van der Waals surface area contributed by atoms with Gasteiger partial charge in [-0.1, -0.05) is 30.3 Å². The predicted octanol–water partition coefficient (Wildman–Crippen LogP) is 4.75.